The third-order valence-electron chi connectivity index (χ3n) is 2.19. The van der Waals surface area contributed by atoms with E-state index in [0.29, 0.717) is 5.56 Å². The molecule has 17 heavy (non-hydrogen) atoms. The number of alkyl halides is 3. The predicted molar refractivity (Wildman–Crippen MR) is 67.8 cm³/mol. The summed E-state index contributed by atoms with van der Waals surface area (Å²) in [5, 5.41) is 1.85. The summed E-state index contributed by atoms with van der Waals surface area (Å²) in [6.45, 7) is 2.11. The molecule has 1 aromatic carbocycles. The van der Waals surface area contributed by atoms with E-state index < -0.39 is 11.7 Å². The summed E-state index contributed by atoms with van der Waals surface area (Å²) in [5.74, 6) is 1.01. The molecular formula is C13H15F3S. The van der Waals surface area contributed by atoms with E-state index in [4.69, 9.17) is 0 Å². The zero-order valence-electron chi connectivity index (χ0n) is 9.63. The molecule has 0 heterocycles. The first kappa shape index (κ1) is 14.2. The molecule has 0 radical (unpaired) electrons. The molecule has 0 nitrogen and oxygen atoms in total. The Bertz CT molecular complexity index is 369. The smallest absolute Gasteiger partial charge is 0.166 e. The molecule has 0 fully saturated rings. The third kappa shape index (κ3) is 5.31. The second-order valence-corrected chi connectivity index (χ2v) is 4.66. The molecule has 1 aromatic rings. The van der Waals surface area contributed by atoms with Gasteiger partial charge in [0.15, 0.2) is 0 Å². The molecule has 0 bridgehead atoms. The van der Waals surface area contributed by atoms with Crippen molar-refractivity contribution < 1.29 is 13.2 Å². The average Bonchev–Trinajstić information content (AvgIpc) is 2.28. The number of hydrogen-bond donors (Lipinski definition) is 0. The lowest BCUT2D eigenvalue weighted by Gasteiger charge is -2.06. The Balaban J connectivity index is 2.60. The minimum Gasteiger partial charge on any atom is -0.166 e. The van der Waals surface area contributed by atoms with Crippen molar-refractivity contribution in [2.45, 2.75) is 25.9 Å². The van der Waals surface area contributed by atoms with Crippen LogP contribution < -0.4 is 0 Å². The van der Waals surface area contributed by atoms with Gasteiger partial charge in [0.25, 0.3) is 0 Å². The van der Waals surface area contributed by atoms with Crippen LogP contribution in [0.15, 0.2) is 29.7 Å². The van der Waals surface area contributed by atoms with Crippen LogP contribution in [0, 0.1) is 0 Å². The standard InChI is InChI=1S/C13H15F3S/c1-2-3-8-17-9-7-11-5-4-6-12(10-11)13(14,15)16/h4-7,9-10H,2-3,8H2,1H3/b9-7+. The van der Waals surface area contributed by atoms with Gasteiger partial charge < -0.3 is 0 Å². The molecule has 0 atom stereocenters. The topological polar surface area (TPSA) is 0 Å². The van der Waals surface area contributed by atoms with E-state index in [2.05, 4.69) is 6.92 Å². The minimum absolute atomic E-state index is 0.587. The minimum atomic E-state index is -4.26. The lowest BCUT2D eigenvalue weighted by molar-refractivity contribution is -0.137. The Morgan fingerprint density at radius 1 is 1.29 bits per heavy atom. The van der Waals surface area contributed by atoms with Crippen molar-refractivity contribution in [2.24, 2.45) is 0 Å². The molecule has 4 heteroatoms. The summed E-state index contributed by atoms with van der Waals surface area (Å²) < 4.78 is 37.3. The van der Waals surface area contributed by atoms with Crippen molar-refractivity contribution in [3.8, 4) is 0 Å². The lowest BCUT2D eigenvalue weighted by atomic mass is 10.1. The second-order valence-electron chi connectivity index (χ2n) is 3.65. The number of thioether (sulfide) groups is 1. The van der Waals surface area contributed by atoms with E-state index >= 15 is 0 Å². The number of unbranched alkanes of at least 4 members (excludes halogenated alkanes) is 1. The molecule has 0 unspecified atom stereocenters. The zero-order chi connectivity index (χ0) is 12.7. The van der Waals surface area contributed by atoms with Crippen LogP contribution in [0.4, 0.5) is 13.2 Å². The maximum absolute atomic E-state index is 12.4. The predicted octanol–water partition coefficient (Wildman–Crippen LogP) is 5.21. The third-order valence-corrected chi connectivity index (χ3v) is 3.04. The Morgan fingerprint density at radius 3 is 2.71 bits per heavy atom. The van der Waals surface area contributed by atoms with Crippen molar-refractivity contribution >= 4 is 17.8 Å². The Kier molecular flexibility index (Phi) is 5.62. The van der Waals surface area contributed by atoms with Gasteiger partial charge in [-0.2, -0.15) is 13.2 Å². The first-order valence-corrected chi connectivity index (χ1v) is 6.54. The van der Waals surface area contributed by atoms with Gasteiger partial charge in [-0.05, 0) is 41.4 Å². The highest BCUT2D eigenvalue weighted by atomic mass is 32.2. The van der Waals surface area contributed by atoms with Crippen LogP contribution in [0.5, 0.6) is 0 Å². The Hall–Kier alpha value is -0.900. The van der Waals surface area contributed by atoms with Crippen LogP contribution in [-0.4, -0.2) is 5.75 Å². The number of rotatable bonds is 5. The van der Waals surface area contributed by atoms with Gasteiger partial charge in [0, 0.05) is 0 Å². The monoisotopic (exact) mass is 260 g/mol. The molecule has 0 aliphatic carbocycles. The van der Waals surface area contributed by atoms with Gasteiger partial charge in [0.05, 0.1) is 5.56 Å². The van der Waals surface area contributed by atoms with Crippen LogP contribution in [-0.2, 0) is 6.18 Å². The summed E-state index contributed by atoms with van der Waals surface area (Å²) in [6, 6.07) is 5.35. The van der Waals surface area contributed by atoms with Gasteiger partial charge in [-0.25, -0.2) is 0 Å². The Labute approximate surface area is 104 Å². The molecule has 0 N–H and O–H groups in total. The normalized spacial score (nSPS) is 12.2. The molecule has 0 saturated carbocycles. The van der Waals surface area contributed by atoms with Crippen LogP contribution in [0.1, 0.15) is 30.9 Å². The van der Waals surface area contributed by atoms with Crippen LogP contribution in [0.2, 0.25) is 0 Å². The molecule has 0 aromatic heterocycles. The van der Waals surface area contributed by atoms with Gasteiger partial charge in [-0.15, -0.1) is 11.8 Å². The van der Waals surface area contributed by atoms with Crippen molar-refractivity contribution in [2.75, 3.05) is 5.75 Å². The van der Waals surface area contributed by atoms with E-state index in [1.807, 2.05) is 5.41 Å². The zero-order valence-corrected chi connectivity index (χ0v) is 10.4. The van der Waals surface area contributed by atoms with E-state index in [9.17, 15) is 13.2 Å². The molecule has 1 rings (SSSR count). The highest BCUT2D eigenvalue weighted by Crippen LogP contribution is 2.29. The van der Waals surface area contributed by atoms with E-state index in [1.54, 1.807) is 23.9 Å². The van der Waals surface area contributed by atoms with Gasteiger partial charge in [-0.1, -0.05) is 25.5 Å². The number of benzene rings is 1. The fourth-order valence-corrected chi connectivity index (χ4v) is 2.09. The maximum atomic E-state index is 12.4. The molecule has 94 valence electrons. The Morgan fingerprint density at radius 2 is 2.06 bits per heavy atom. The molecule has 0 spiro atoms. The summed E-state index contributed by atoms with van der Waals surface area (Å²) in [5.41, 5.74) is -0.0120. The summed E-state index contributed by atoms with van der Waals surface area (Å²) in [7, 11) is 0. The van der Waals surface area contributed by atoms with E-state index in [1.165, 1.54) is 6.07 Å². The van der Waals surface area contributed by atoms with Crippen molar-refractivity contribution in [1.82, 2.24) is 0 Å². The van der Waals surface area contributed by atoms with Crippen LogP contribution >= 0.6 is 11.8 Å². The van der Waals surface area contributed by atoms with E-state index in [0.717, 1.165) is 30.7 Å². The second kappa shape index (κ2) is 6.74. The SMILES string of the molecule is CCCCS/C=C/c1cccc(C(F)(F)F)c1. The fraction of sp³-hybridized carbons (Fsp3) is 0.385. The summed E-state index contributed by atoms with van der Waals surface area (Å²) >= 11 is 1.62. The number of halogens is 3. The van der Waals surface area contributed by atoms with Gasteiger partial charge in [0.1, 0.15) is 0 Å². The highest BCUT2D eigenvalue weighted by Gasteiger charge is 2.30. The molecule has 0 amide bonds. The summed E-state index contributed by atoms with van der Waals surface area (Å²) in [6.07, 6.45) is -0.295. The van der Waals surface area contributed by atoms with Gasteiger partial charge >= 0.3 is 6.18 Å². The van der Waals surface area contributed by atoms with Gasteiger partial charge in [0.2, 0.25) is 0 Å². The maximum Gasteiger partial charge on any atom is 0.416 e. The van der Waals surface area contributed by atoms with Crippen molar-refractivity contribution in [1.29, 1.82) is 0 Å². The van der Waals surface area contributed by atoms with E-state index in [-0.39, 0.29) is 0 Å². The molecule has 0 saturated heterocycles. The van der Waals surface area contributed by atoms with Crippen LogP contribution in [0.3, 0.4) is 0 Å². The quantitative estimate of drug-likeness (QED) is 0.655. The molecule has 0 aliphatic heterocycles. The number of hydrogen-bond acceptors (Lipinski definition) is 1. The summed E-state index contributed by atoms with van der Waals surface area (Å²) in [4.78, 5) is 0. The molecular weight excluding hydrogens is 245 g/mol. The highest BCUT2D eigenvalue weighted by molar-refractivity contribution is 8.02. The largest absolute Gasteiger partial charge is 0.416 e. The van der Waals surface area contributed by atoms with Crippen LogP contribution in [0.25, 0.3) is 6.08 Å². The molecule has 0 aliphatic rings. The van der Waals surface area contributed by atoms with Crippen molar-refractivity contribution in [3.05, 3.63) is 40.8 Å². The fourth-order valence-electron chi connectivity index (χ4n) is 1.24. The average molecular weight is 260 g/mol. The first-order chi connectivity index (χ1) is 8.04. The van der Waals surface area contributed by atoms with Crippen molar-refractivity contribution in [3.63, 3.8) is 0 Å². The first-order valence-electron chi connectivity index (χ1n) is 5.49. The lowest BCUT2D eigenvalue weighted by Crippen LogP contribution is -2.04. The van der Waals surface area contributed by atoms with Gasteiger partial charge in [-0.3, -0.25) is 0 Å².